The number of anilines is 1. The number of aryl methyl sites for hydroxylation is 3. The van der Waals surface area contributed by atoms with Gasteiger partial charge in [0, 0.05) is 35.6 Å². The molecule has 2 amide bonds. The number of amides is 2. The van der Waals surface area contributed by atoms with E-state index in [4.69, 9.17) is 0 Å². The molecule has 31 heavy (non-hydrogen) atoms. The summed E-state index contributed by atoms with van der Waals surface area (Å²) in [6.07, 6.45) is 0.125. The minimum atomic E-state index is -0.467. The van der Waals surface area contributed by atoms with Crippen LogP contribution in [0.15, 0.2) is 48.5 Å². The molecule has 2 heterocycles. The quantitative estimate of drug-likeness (QED) is 0.681. The average molecular weight is 418 g/mol. The Bertz CT molecular complexity index is 1130. The first kappa shape index (κ1) is 20.8. The van der Waals surface area contributed by atoms with Crippen LogP contribution in [0, 0.1) is 20.8 Å². The van der Waals surface area contributed by atoms with E-state index >= 15 is 0 Å². The zero-order chi connectivity index (χ0) is 22.1. The molecule has 1 aromatic heterocycles. The first-order valence-corrected chi connectivity index (χ1v) is 10.3. The molecule has 1 saturated heterocycles. The van der Waals surface area contributed by atoms with Gasteiger partial charge in [-0.15, -0.1) is 0 Å². The fourth-order valence-electron chi connectivity index (χ4n) is 3.84. The monoisotopic (exact) mass is 418 g/mol. The topological polar surface area (TPSA) is 87.5 Å². The molecular formula is C24H26N4O3. The molecule has 1 aliphatic rings. The van der Waals surface area contributed by atoms with Crippen LogP contribution in [-0.2, 0) is 0 Å². The van der Waals surface area contributed by atoms with Gasteiger partial charge in [-0.2, -0.15) is 5.10 Å². The summed E-state index contributed by atoms with van der Waals surface area (Å²) in [7, 11) is 0. The Balaban J connectivity index is 1.50. The van der Waals surface area contributed by atoms with Gasteiger partial charge in [-0.05, 0) is 75.2 Å². The summed E-state index contributed by atoms with van der Waals surface area (Å²) >= 11 is 0. The van der Waals surface area contributed by atoms with Gasteiger partial charge >= 0.3 is 0 Å². The van der Waals surface area contributed by atoms with Gasteiger partial charge < -0.3 is 15.3 Å². The fraction of sp³-hybridized carbons (Fsp3) is 0.292. The molecule has 4 rings (SSSR count). The van der Waals surface area contributed by atoms with E-state index in [1.165, 1.54) is 0 Å². The predicted molar refractivity (Wildman–Crippen MR) is 119 cm³/mol. The summed E-state index contributed by atoms with van der Waals surface area (Å²) < 4.78 is 1.84. The highest BCUT2D eigenvalue weighted by Crippen LogP contribution is 2.21. The maximum absolute atomic E-state index is 12.8. The van der Waals surface area contributed by atoms with Crippen molar-refractivity contribution >= 4 is 17.5 Å². The summed E-state index contributed by atoms with van der Waals surface area (Å²) in [5, 5.41) is 17.1. The molecule has 0 aliphatic carbocycles. The van der Waals surface area contributed by atoms with Gasteiger partial charge in [0.1, 0.15) is 0 Å². The molecule has 7 heteroatoms. The second-order valence-corrected chi connectivity index (χ2v) is 8.06. The van der Waals surface area contributed by atoms with Crippen LogP contribution in [0.5, 0.6) is 0 Å². The van der Waals surface area contributed by atoms with Crippen LogP contribution >= 0.6 is 0 Å². The number of likely N-dealkylation sites (tertiary alicyclic amines) is 1. The van der Waals surface area contributed by atoms with Gasteiger partial charge in [0.25, 0.3) is 11.8 Å². The molecule has 3 aromatic rings. The smallest absolute Gasteiger partial charge is 0.255 e. The van der Waals surface area contributed by atoms with E-state index in [0.717, 1.165) is 22.6 Å². The highest BCUT2D eigenvalue weighted by Gasteiger charge is 2.25. The van der Waals surface area contributed by atoms with E-state index in [1.54, 1.807) is 29.2 Å². The van der Waals surface area contributed by atoms with Gasteiger partial charge in [-0.3, -0.25) is 9.59 Å². The lowest BCUT2D eigenvalue weighted by molar-refractivity contribution is 0.0764. The number of rotatable bonds is 4. The van der Waals surface area contributed by atoms with Crippen molar-refractivity contribution in [3.05, 3.63) is 76.6 Å². The normalized spacial score (nSPS) is 15.9. The van der Waals surface area contributed by atoms with Crippen molar-refractivity contribution in [1.82, 2.24) is 14.7 Å². The van der Waals surface area contributed by atoms with E-state index in [1.807, 2.05) is 49.7 Å². The highest BCUT2D eigenvalue weighted by molar-refractivity contribution is 6.05. The second kappa shape index (κ2) is 8.35. The van der Waals surface area contributed by atoms with Gasteiger partial charge in [-0.25, -0.2) is 4.68 Å². The van der Waals surface area contributed by atoms with Crippen molar-refractivity contribution in [3.63, 3.8) is 0 Å². The third-order valence-electron chi connectivity index (χ3n) is 5.57. The maximum Gasteiger partial charge on any atom is 0.255 e. The number of hydrogen-bond donors (Lipinski definition) is 2. The molecule has 2 aromatic carbocycles. The van der Waals surface area contributed by atoms with Gasteiger partial charge in [0.05, 0.1) is 17.5 Å². The van der Waals surface area contributed by atoms with Gasteiger partial charge in [-0.1, -0.05) is 6.07 Å². The van der Waals surface area contributed by atoms with Gasteiger partial charge in [0.15, 0.2) is 0 Å². The molecule has 1 atom stereocenters. The Morgan fingerprint density at radius 3 is 2.35 bits per heavy atom. The van der Waals surface area contributed by atoms with Crippen molar-refractivity contribution < 1.29 is 14.7 Å². The molecule has 0 unspecified atom stereocenters. The highest BCUT2D eigenvalue weighted by atomic mass is 16.3. The van der Waals surface area contributed by atoms with E-state index in [2.05, 4.69) is 10.4 Å². The Morgan fingerprint density at radius 1 is 1.03 bits per heavy atom. The van der Waals surface area contributed by atoms with E-state index in [0.29, 0.717) is 36.3 Å². The molecule has 0 radical (unpaired) electrons. The van der Waals surface area contributed by atoms with Crippen LogP contribution in [0.25, 0.3) is 5.69 Å². The average Bonchev–Trinajstić information content (AvgIpc) is 3.33. The minimum absolute atomic E-state index is 0.138. The third kappa shape index (κ3) is 4.36. The number of nitrogens with one attached hydrogen (secondary N) is 1. The molecule has 2 N–H and O–H groups in total. The SMILES string of the molecule is Cc1cc(C)n(-c2ccc(C(=O)Nc3cc(C(=O)N4CC[C@H](O)C4)ccc3C)cc2)n1. The van der Waals surface area contributed by atoms with Crippen LogP contribution in [-0.4, -0.2) is 50.8 Å². The van der Waals surface area contributed by atoms with Crippen molar-refractivity contribution in [1.29, 1.82) is 0 Å². The lowest BCUT2D eigenvalue weighted by Crippen LogP contribution is -2.29. The van der Waals surface area contributed by atoms with Crippen molar-refractivity contribution in [2.45, 2.75) is 33.3 Å². The number of carbonyl (C=O) groups is 2. The first-order chi connectivity index (χ1) is 14.8. The predicted octanol–water partition coefficient (Wildman–Crippen LogP) is 3.26. The Morgan fingerprint density at radius 2 is 1.74 bits per heavy atom. The molecule has 0 spiro atoms. The maximum atomic E-state index is 12.8. The lowest BCUT2D eigenvalue weighted by atomic mass is 10.1. The third-order valence-corrected chi connectivity index (χ3v) is 5.57. The summed E-state index contributed by atoms with van der Waals surface area (Å²) in [5.74, 6) is -0.384. The van der Waals surface area contributed by atoms with Crippen molar-refractivity contribution in [2.24, 2.45) is 0 Å². The zero-order valence-electron chi connectivity index (χ0n) is 17.9. The van der Waals surface area contributed by atoms with Crippen LogP contribution in [0.4, 0.5) is 5.69 Å². The molecule has 0 bridgehead atoms. The summed E-state index contributed by atoms with van der Waals surface area (Å²) in [6, 6.07) is 14.5. The number of aliphatic hydroxyl groups excluding tert-OH is 1. The molecule has 160 valence electrons. The van der Waals surface area contributed by atoms with Crippen LogP contribution in [0.1, 0.15) is 44.1 Å². The molecule has 1 fully saturated rings. The number of nitrogens with zero attached hydrogens (tertiary/aromatic N) is 3. The number of β-amino-alcohol motifs (C(OH)–C–C–N with tert-alkyl or cyclic N) is 1. The standard InChI is InChI=1S/C24H26N4O3/c1-15-4-5-19(24(31)27-11-10-21(29)14-27)13-22(15)25-23(30)18-6-8-20(9-7-18)28-17(3)12-16(2)26-28/h4-9,12-13,21,29H,10-11,14H2,1-3H3,(H,25,30)/t21-/m0/s1. The number of carbonyl (C=O) groups excluding carboxylic acids is 2. The van der Waals surface area contributed by atoms with Crippen molar-refractivity contribution in [3.8, 4) is 5.69 Å². The summed E-state index contributed by atoms with van der Waals surface area (Å²) in [5.41, 5.74) is 5.33. The minimum Gasteiger partial charge on any atom is -0.391 e. The Kier molecular flexibility index (Phi) is 5.61. The van der Waals surface area contributed by atoms with Crippen LogP contribution in [0.2, 0.25) is 0 Å². The van der Waals surface area contributed by atoms with E-state index in [-0.39, 0.29) is 11.8 Å². The second-order valence-electron chi connectivity index (χ2n) is 8.06. The number of benzene rings is 2. The Hall–Kier alpha value is -3.45. The van der Waals surface area contributed by atoms with Gasteiger partial charge in [0.2, 0.25) is 0 Å². The van der Waals surface area contributed by atoms with E-state index in [9.17, 15) is 14.7 Å². The summed E-state index contributed by atoms with van der Waals surface area (Å²) in [4.78, 5) is 27.1. The van der Waals surface area contributed by atoms with E-state index < -0.39 is 6.10 Å². The molecule has 7 nitrogen and oxygen atoms in total. The fourth-order valence-corrected chi connectivity index (χ4v) is 3.84. The Labute approximate surface area is 181 Å². The lowest BCUT2D eigenvalue weighted by Gasteiger charge is -2.17. The number of hydrogen-bond acceptors (Lipinski definition) is 4. The zero-order valence-corrected chi connectivity index (χ0v) is 17.9. The summed E-state index contributed by atoms with van der Waals surface area (Å²) in [6.45, 7) is 6.70. The molecular weight excluding hydrogens is 392 g/mol. The molecule has 0 saturated carbocycles. The van der Waals surface area contributed by atoms with Crippen molar-refractivity contribution in [2.75, 3.05) is 18.4 Å². The van der Waals surface area contributed by atoms with Crippen LogP contribution < -0.4 is 5.32 Å². The number of aliphatic hydroxyl groups is 1. The van der Waals surface area contributed by atoms with Crippen LogP contribution in [0.3, 0.4) is 0 Å². The molecule has 1 aliphatic heterocycles. The first-order valence-electron chi connectivity index (χ1n) is 10.3. The number of aromatic nitrogens is 2. The largest absolute Gasteiger partial charge is 0.391 e.